The van der Waals surface area contributed by atoms with Gasteiger partial charge in [0.05, 0.1) is 6.54 Å². The lowest BCUT2D eigenvalue weighted by Crippen LogP contribution is -2.45. The number of rotatable bonds is 5. The number of nitrogens with two attached hydrogens (primary N) is 1. The zero-order valence-corrected chi connectivity index (χ0v) is 16.7. The molecule has 1 atom stereocenters. The number of hydrogen-bond donors (Lipinski definition) is 2. The third-order valence-corrected chi connectivity index (χ3v) is 4.66. The summed E-state index contributed by atoms with van der Waals surface area (Å²) in [5.41, 5.74) is 5.78. The van der Waals surface area contributed by atoms with E-state index in [1.165, 1.54) is 4.90 Å². The lowest BCUT2D eigenvalue weighted by molar-refractivity contribution is -0.147. The number of amides is 2. The van der Waals surface area contributed by atoms with Crippen LogP contribution in [0, 0.1) is 17.5 Å². The van der Waals surface area contributed by atoms with Gasteiger partial charge in [-0.3, -0.25) is 0 Å². The molecule has 14 heteroatoms. The van der Waals surface area contributed by atoms with Crippen molar-refractivity contribution >= 4 is 18.4 Å². The van der Waals surface area contributed by atoms with Crippen LogP contribution in [-0.2, 0) is 25.7 Å². The van der Waals surface area contributed by atoms with Crippen LogP contribution in [-0.4, -0.2) is 44.8 Å². The predicted octanol–water partition coefficient (Wildman–Crippen LogP) is 2.62. The van der Waals surface area contributed by atoms with Crippen molar-refractivity contribution in [3.8, 4) is 0 Å². The second kappa shape index (κ2) is 9.73. The minimum absolute atomic E-state index is 0. The number of urea groups is 1. The number of carbonyl (C=O) groups excluding carboxylic acids is 1. The minimum Gasteiger partial charge on any atom is -0.338 e. The molecule has 0 bridgehead atoms. The predicted molar refractivity (Wildman–Crippen MR) is 98.7 cm³/mol. The number of aromatic nitrogens is 3. The average Bonchev–Trinajstić information content (AvgIpc) is 3.09. The van der Waals surface area contributed by atoms with Crippen LogP contribution in [0.1, 0.15) is 23.6 Å². The van der Waals surface area contributed by atoms with Gasteiger partial charge in [-0.25, -0.2) is 18.0 Å². The standard InChI is InChI=1S/C17H18F6N6O.ClH/c18-11-7-13(20)12(19)6-9(11)5-10(24)1-2-25-16(30)28-3-4-29-14(8-28)26-27-15(29)17(21,22)23;/h6-7,10H,1-5,8,24H2,(H,25,30);1H/t10-;/m0./s1. The van der Waals surface area contributed by atoms with Crippen molar-refractivity contribution in [3.63, 3.8) is 0 Å². The van der Waals surface area contributed by atoms with Gasteiger partial charge in [0.2, 0.25) is 5.82 Å². The SMILES string of the molecule is Cl.N[C@@H](CCNC(=O)N1CCn2c(nnc2C(F)(F)F)C1)Cc1cc(F)c(F)cc1F. The van der Waals surface area contributed by atoms with E-state index in [2.05, 4.69) is 15.5 Å². The summed E-state index contributed by atoms with van der Waals surface area (Å²) in [7, 11) is 0. The molecule has 0 saturated carbocycles. The zero-order valence-electron chi connectivity index (χ0n) is 15.9. The molecule has 1 aromatic carbocycles. The molecule has 1 aliphatic rings. The molecule has 172 valence electrons. The summed E-state index contributed by atoms with van der Waals surface area (Å²) >= 11 is 0. The normalized spacial score (nSPS) is 14.6. The summed E-state index contributed by atoms with van der Waals surface area (Å²) in [6.07, 6.45) is -4.48. The van der Waals surface area contributed by atoms with E-state index < -0.39 is 41.5 Å². The maximum Gasteiger partial charge on any atom is 0.451 e. The number of nitrogens with one attached hydrogen (secondary N) is 1. The van der Waals surface area contributed by atoms with E-state index >= 15 is 0 Å². The van der Waals surface area contributed by atoms with Crippen molar-refractivity contribution in [2.45, 2.75) is 38.1 Å². The van der Waals surface area contributed by atoms with Gasteiger partial charge >= 0.3 is 12.2 Å². The van der Waals surface area contributed by atoms with Crippen LogP contribution in [0.15, 0.2) is 12.1 Å². The van der Waals surface area contributed by atoms with Gasteiger partial charge in [-0.15, -0.1) is 22.6 Å². The number of hydrogen-bond acceptors (Lipinski definition) is 4. The third kappa shape index (κ3) is 5.79. The van der Waals surface area contributed by atoms with Crippen molar-refractivity contribution in [2.24, 2.45) is 5.73 Å². The Morgan fingerprint density at radius 1 is 1.13 bits per heavy atom. The van der Waals surface area contributed by atoms with E-state index in [9.17, 15) is 31.1 Å². The summed E-state index contributed by atoms with van der Waals surface area (Å²) in [4.78, 5) is 13.5. The number of alkyl halides is 3. The van der Waals surface area contributed by atoms with E-state index in [0.717, 1.165) is 10.6 Å². The molecule has 2 heterocycles. The molecule has 2 amide bonds. The van der Waals surface area contributed by atoms with Crippen LogP contribution < -0.4 is 11.1 Å². The smallest absolute Gasteiger partial charge is 0.338 e. The van der Waals surface area contributed by atoms with Gasteiger partial charge in [0, 0.05) is 31.7 Å². The Morgan fingerprint density at radius 3 is 2.48 bits per heavy atom. The molecule has 0 spiro atoms. The van der Waals surface area contributed by atoms with Crippen molar-refractivity contribution in [3.05, 3.63) is 46.8 Å². The van der Waals surface area contributed by atoms with Gasteiger partial charge in [-0.05, 0) is 24.5 Å². The molecule has 0 radical (unpaired) electrons. The summed E-state index contributed by atoms with van der Waals surface area (Å²) in [6, 6.07) is 0.0215. The van der Waals surface area contributed by atoms with Crippen molar-refractivity contribution < 1.29 is 31.1 Å². The van der Waals surface area contributed by atoms with Gasteiger partial charge in [0.15, 0.2) is 17.5 Å². The van der Waals surface area contributed by atoms with Crippen molar-refractivity contribution in [1.82, 2.24) is 25.0 Å². The van der Waals surface area contributed by atoms with Gasteiger partial charge < -0.3 is 20.5 Å². The molecule has 1 aromatic heterocycles. The Bertz CT molecular complexity index is 937. The van der Waals surface area contributed by atoms with Crippen molar-refractivity contribution in [2.75, 3.05) is 13.1 Å². The fraction of sp³-hybridized carbons (Fsp3) is 0.471. The highest BCUT2D eigenvalue weighted by Crippen LogP contribution is 2.29. The quantitative estimate of drug-likeness (QED) is 0.517. The van der Waals surface area contributed by atoms with E-state index in [0.29, 0.717) is 6.07 Å². The maximum atomic E-state index is 13.7. The fourth-order valence-corrected chi connectivity index (χ4v) is 3.12. The molecule has 7 nitrogen and oxygen atoms in total. The third-order valence-electron chi connectivity index (χ3n) is 4.66. The topological polar surface area (TPSA) is 89.1 Å². The number of nitrogens with zero attached hydrogens (tertiary/aromatic N) is 4. The first-order valence-corrected chi connectivity index (χ1v) is 8.97. The molecule has 1 aliphatic heterocycles. The highest BCUT2D eigenvalue weighted by Gasteiger charge is 2.39. The first kappa shape index (κ1) is 24.7. The van der Waals surface area contributed by atoms with Gasteiger partial charge in [-0.2, -0.15) is 13.2 Å². The molecule has 0 aliphatic carbocycles. The molecule has 0 saturated heterocycles. The second-order valence-corrected chi connectivity index (χ2v) is 6.85. The fourth-order valence-electron chi connectivity index (χ4n) is 3.12. The largest absolute Gasteiger partial charge is 0.451 e. The molecule has 3 N–H and O–H groups in total. The van der Waals surface area contributed by atoms with Crippen LogP contribution in [0.4, 0.5) is 31.1 Å². The summed E-state index contributed by atoms with van der Waals surface area (Å²) in [5, 5.41) is 9.20. The number of fused-ring (bicyclic) bond motifs is 1. The monoisotopic (exact) mass is 472 g/mol. The summed E-state index contributed by atoms with van der Waals surface area (Å²) in [6.45, 7) is -0.102. The average molecular weight is 473 g/mol. The van der Waals surface area contributed by atoms with Crippen LogP contribution >= 0.6 is 12.4 Å². The van der Waals surface area contributed by atoms with Gasteiger partial charge in [-0.1, -0.05) is 0 Å². The summed E-state index contributed by atoms with van der Waals surface area (Å²) in [5.74, 6) is -4.47. The lowest BCUT2D eigenvalue weighted by Gasteiger charge is -2.28. The first-order valence-electron chi connectivity index (χ1n) is 8.97. The lowest BCUT2D eigenvalue weighted by atomic mass is 10.0. The van der Waals surface area contributed by atoms with E-state index in [4.69, 9.17) is 5.73 Å². The van der Waals surface area contributed by atoms with E-state index in [1.54, 1.807) is 0 Å². The number of halogens is 7. The zero-order chi connectivity index (χ0) is 22.1. The Labute approximate surface area is 179 Å². The Hall–Kier alpha value is -2.54. The molecular formula is C17H19ClF6N6O. The Kier molecular flexibility index (Phi) is 7.76. The second-order valence-electron chi connectivity index (χ2n) is 6.85. The van der Waals surface area contributed by atoms with E-state index in [-0.39, 0.29) is 62.8 Å². The van der Waals surface area contributed by atoms with Crippen molar-refractivity contribution in [1.29, 1.82) is 0 Å². The molecular weight excluding hydrogens is 454 g/mol. The molecule has 3 rings (SSSR count). The Morgan fingerprint density at radius 2 is 1.81 bits per heavy atom. The number of carbonyl (C=O) groups is 1. The molecule has 31 heavy (non-hydrogen) atoms. The van der Waals surface area contributed by atoms with Gasteiger partial charge in [0.25, 0.3) is 0 Å². The number of benzene rings is 1. The molecule has 2 aromatic rings. The van der Waals surface area contributed by atoms with Crippen LogP contribution in [0.3, 0.4) is 0 Å². The first-order chi connectivity index (χ1) is 14.1. The van der Waals surface area contributed by atoms with Crippen LogP contribution in [0.2, 0.25) is 0 Å². The van der Waals surface area contributed by atoms with Gasteiger partial charge in [0.1, 0.15) is 5.82 Å². The van der Waals surface area contributed by atoms with Crippen LogP contribution in [0.5, 0.6) is 0 Å². The highest BCUT2D eigenvalue weighted by atomic mass is 35.5. The molecule has 0 unspecified atom stereocenters. The molecule has 0 fully saturated rings. The van der Waals surface area contributed by atoms with E-state index in [1.807, 2.05) is 0 Å². The maximum absolute atomic E-state index is 13.7. The summed E-state index contributed by atoms with van der Waals surface area (Å²) < 4.78 is 79.3. The minimum atomic E-state index is -4.63. The van der Waals surface area contributed by atoms with Crippen LogP contribution in [0.25, 0.3) is 0 Å². The highest BCUT2D eigenvalue weighted by molar-refractivity contribution is 5.85. The Balaban J connectivity index is 0.00000341.